The van der Waals surface area contributed by atoms with Crippen LogP contribution in [-0.4, -0.2) is 6.03 Å². The van der Waals surface area contributed by atoms with Gasteiger partial charge in [0.15, 0.2) is 0 Å². The molecule has 0 aliphatic carbocycles. The first-order chi connectivity index (χ1) is 11.0. The van der Waals surface area contributed by atoms with Crippen molar-refractivity contribution in [2.75, 3.05) is 5.32 Å². The lowest BCUT2D eigenvalue weighted by atomic mass is 9.89. The summed E-state index contributed by atoms with van der Waals surface area (Å²) in [6, 6.07) is 14.9. The summed E-state index contributed by atoms with van der Waals surface area (Å²) in [5.41, 5.74) is 0.731. The van der Waals surface area contributed by atoms with Crippen LogP contribution in [0.5, 0.6) is 0 Å². The Morgan fingerprint density at radius 2 is 1.96 bits per heavy atom. The topological polar surface area (TPSA) is 64.9 Å². The number of carbonyl (C=O) groups is 1. The Kier molecular flexibility index (Phi) is 4.97. The van der Waals surface area contributed by atoms with Crippen molar-refractivity contribution in [3.8, 4) is 6.07 Å². The first-order valence-electron chi connectivity index (χ1n) is 7.33. The summed E-state index contributed by atoms with van der Waals surface area (Å²) in [4.78, 5) is 12.2. The second-order valence-corrected chi connectivity index (χ2v) is 5.44. The van der Waals surface area contributed by atoms with Crippen LogP contribution in [-0.2, 0) is 5.54 Å². The minimum atomic E-state index is -0.610. The average Bonchev–Trinajstić information content (AvgIpc) is 2.57. The van der Waals surface area contributed by atoms with E-state index in [2.05, 4.69) is 10.6 Å². The van der Waals surface area contributed by atoms with E-state index in [9.17, 15) is 9.18 Å². The highest BCUT2D eigenvalue weighted by atomic mass is 19.1. The SMILES string of the molecule is CCC(C)(NC(=O)Nc1ccc(F)c(C#N)c1)c1ccccc1. The summed E-state index contributed by atoms with van der Waals surface area (Å²) in [5.74, 6) is -0.610. The predicted octanol–water partition coefficient (Wildman–Crippen LogP) is 4.14. The van der Waals surface area contributed by atoms with Crippen LogP contribution in [0.4, 0.5) is 14.9 Å². The number of halogens is 1. The van der Waals surface area contributed by atoms with Gasteiger partial charge >= 0.3 is 6.03 Å². The molecular weight excluding hydrogens is 293 g/mol. The third-order valence-corrected chi connectivity index (χ3v) is 3.85. The molecule has 23 heavy (non-hydrogen) atoms. The van der Waals surface area contributed by atoms with E-state index in [1.54, 1.807) is 6.07 Å². The first kappa shape index (κ1) is 16.5. The predicted molar refractivity (Wildman–Crippen MR) is 87.4 cm³/mol. The lowest BCUT2D eigenvalue weighted by molar-refractivity contribution is 0.238. The number of urea groups is 1. The molecule has 118 valence electrons. The molecule has 1 atom stereocenters. The van der Waals surface area contributed by atoms with Crippen LogP contribution in [0.15, 0.2) is 48.5 Å². The molecule has 0 saturated carbocycles. The average molecular weight is 311 g/mol. The summed E-state index contributed by atoms with van der Waals surface area (Å²) < 4.78 is 13.3. The molecule has 2 amide bonds. The molecule has 0 aliphatic rings. The third kappa shape index (κ3) is 3.86. The molecule has 0 bridgehead atoms. The number of amides is 2. The van der Waals surface area contributed by atoms with Gasteiger partial charge in [-0.2, -0.15) is 5.26 Å². The monoisotopic (exact) mass is 311 g/mol. The van der Waals surface area contributed by atoms with E-state index in [0.29, 0.717) is 12.1 Å². The van der Waals surface area contributed by atoms with Crippen molar-refractivity contribution in [2.45, 2.75) is 25.8 Å². The maximum Gasteiger partial charge on any atom is 0.319 e. The van der Waals surface area contributed by atoms with Crippen molar-refractivity contribution in [3.05, 3.63) is 65.5 Å². The standard InChI is InChI=1S/C18H18FN3O/c1-3-18(2,14-7-5-4-6-8-14)22-17(23)21-15-9-10-16(19)13(11-15)12-20/h4-11H,3H2,1-2H3,(H2,21,22,23). The Balaban J connectivity index is 2.14. The van der Waals surface area contributed by atoms with Crippen LogP contribution in [0.3, 0.4) is 0 Å². The molecule has 0 radical (unpaired) electrons. The zero-order chi connectivity index (χ0) is 16.9. The van der Waals surface area contributed by atoms with Gasteiger partial charge in [0.1, 0.15) is 11.9 Å². The van der Waals surface area contributed by atoms with Crippen LogP contribution in [0, 0.1) is 17.1 Å². The highest BCUT2D eigenvalue weighted by Gasteiger charge is 2.26. The van der Waals surface area contributed by atoms with Gasteiger partial charge in [-0.3, -0.25) is 0 Å². The molecule has 0 aliphatic heterocycles. The quantitative estimate of drug-likeness (QED) is 0.891. The van der Waals surface area contributed by atoms with Gasteiger partial charge in [-0.05, 0) is 37.1 Å². The van der Waals surface area contributed by atoms with E-state index in [4.69, 9.17) is 5.26 Å². The van der Waals surface area contributed by atoms with E-state index < -0.39 is 17.4 Å². The number of hydrogen-bond donors (Lipinski definition) is 2. The highest BCUT2D eigenvalue weighted by Crippen LogP contribution is 2.24. The lowest BCUT2D eigenvalue weighted by Gasteiger charge is -2.30. The number of nitrogens with one attached hydrogen (secondary N) is 2. The zero-order valence-electron chi connectivity index (χ0n) is 13.1. The van der Waals surface area contributed by atoms with Crippen LogP contribution < -0.4 is 10.6 Å². The van der Waals surface area contributed by atoms with Crippen molar-refractivity contribution in [1.82, 2.24) is 5.32 Å². The van der Waals surface area contributed by atoms with Gasteiger partial charge in [-0.15, -0.1) is 0 Å². The van der Waals surface area contributed by atoms with Crippen LogP contribution >= 0.6 is 0 Å². The van der Waals surface area contributed by atoms with Gasteiger partial charge < -0.3 is 10.6 Å². The molecule has 0 spiro atoms. The Morgan fingerprint density at radius 1 is 1.26 bits per heavy atom. The van der Waals surface area contributed by atoms with Gasteiger partial charge in [0, 0.05) is 5.69 Å². The fraction of sp³-hybridized carbons (Fsp3) is 0.222. The van der Waals surface area contributed by atoms with E-state index in [1.807, 2.05) is 44.2 Å². The summed E-state index contributed by atoms with van der Waals surface area (Å²) in [7, 11) is 0. The van der Waals surface area contributed by atoms with Gasteiger partial charge in [-0.25, -0.2) is 9.18 Å². The first-order valence-corrected chi connectivity index (χ1v) is 7.33. The van der Waals surface area contributed by atoms with E-state index >= 15 is 0 Å². The maximum absolute atomic E-state index is 13.3. The van der Waals surface area contributed by atoms with Gasteiger partial charge in [-0.1, -0.05) is 37.3 Å². The second kappa shape index (κ2) is 6.93. The Labute approximate surface area is 134 Å². The highest BCUT2D eigenvalue weighted by molar-refractivity contribution is 5.90. The van der Waals surface area contributed by atoms with Crippen LogP contribution in [0.2, 0.25) is 0 Å². The Morgan fingerprint density at radius 3 is 2.57 bits per heavy atom. The smallest absolute Gasteiger partial charge is 0.319 e. The summed E-state index contributed by atoms with van der Waals surface area (Å²) >= 11 is 0. The molecule has 1 unspecified atom stereocenters. The lowest BCUT2D eigenvalue weighted by Crippen LogP contribution is -2.45. The number of carbonyl (C=O) groups excluding carboxylic acids is 1. The molecular formula is C18H18FN3O. The molecule has 0 saturated heterocycles. The number of nitrogens with zero attached hydrogens (tertiary/aromatic N) is 1. The van der Waals surface area contributed by atoms with E-state index in [0.717, 1.165) is 11.6 Å². The number of hydrogen-bond acceptors (Lipinski definition) is 2. The summed E-state index contributed by atoms with van der Waals surface area (Å²) in [5, 5.41) is 14.4. The van der Waals surface area contributed by atoms with Gasteiger partial charge in [0.25, 0.3) is 0 Å². The molecule has 0 heterocycles. The molecule has 2 aromatic rings. The number of benzene rings is 2. The van der Waals surface area contributed by atoms with Crippen LogP contribution in [0.25, 0.3) is 0 Å². The zero-order valence-corrected chi connectivity index (χ0v) is 13.1. The van der Waals surface area contributed by atoms with E-state index in [-0.39, 0.29) is 5.56 Å². The number of nitriles is 1. The minimum Gasteiger partial charge on any atom is -0.329 e. The largest absolute Gasteiger partial charge is 0.329 e. The van der Waals surface area contributed by atoms with Crippen molar-refractivity contribution in [1.29, 1.82) is 5.26 Å². The molecule has 2 aromatic carbocycles. The second-order valence-electron chi connectivity index (χ2n) is 5.44. The number of anilines is 1. The molecule has 5 heteroatoms. The molecule has 2 N–H and O–H groups in total. The van der Waals surface area contributed by atoms with Gasteiger partial charge in [0.2, 0.25) is 0 Å². The van der Waals surface area contributed by atoms with Gasteiger partial charge in [0.05, 0.1) is 11.1 Å². The van der Waals surface area contributed by atoms with Crippen molar-refractivity contribution < 1.29 is 9.18 Å². The maximum atomic E-state index is 13.3. The molecule has 0 aromatic heterocycles. The minimum absolute atomic E-state index is 0.107. The fourth-order valence-corrected chi connectivity index (χ4v) is 2.27. The van der Waals surface area contributed by atoms with Crippen molar-refractivity contribution in [3.63, 3.8) is 0 Å². The van der Waals surface area contributed by atoms with E-state index in [1.165, 1.54) is 12.1 Å². The van der Waals surface area contributed by atoms with Crippen molar-refractivity contribution >= 4 is 11.7 Å². The Hall–Kier alpha value is -2.87. The molecule has 2 rings (SSSR count). The normalized spacial score (nSPS) is 12.8. The summed E-state index contributed by atoms with van der Waals surface area (Å²) in [6.45, 7) is 3.92. The molecule has 0 fully saturated rings. The third-order valence-electron chi connectivity index (χ3n) is 3.85. The molecule has 4 nitrogen and oxygen atoms in total. The summed E-state index contributed by atoms with van der Waals surface area (Å²) in [6.07, 6.45) is 0.706. The van der Waals surface area contributed by atoms with Crippen LogP contribution in [0.1, 0.15) is 31.4 Å². The number of rotatable bonds is 4. The Bertz CT molecular complexity index is 740. The van der Waals surface area contributed by atoms with Crippen molar-refractivity contribution in [2.24, 2.45) is 0 Å². The fourth-order valence-electron chi connectivity index (χ4n) is 2.27.